The van der Waals surface area contributed by atoms with Crippen LogP contribution in [-0.2, 0) is 4.74 Å². The Bertz CT molecular complexity index is 550. The first-order valence-corrected chi connectivity index (χ1v) is 5.30. The number of nitrogen functional groups attached to an aromatic ring is 1. The van der Waals surface area contributed by atoms with E-state index in [0.29, 0.717) is 0 Å². The Morgan fingerprint density at radius 2 is 2.44 bits per heavy atom. The summed E-state index contributed by atoms with van der Waals surface area (Å²) in [4.78, 5) is 15.1. The molecule has 1 aliphatic heterocycles. The summed E-state index contributed by atoms with van der Waals surface area (Å²) in [7, 11) is 0. The SMILES string of the molecule is N#Cc1cn([C@@H]2O[C@H](CO)C[C@H]2O)c(=O)nc1N. The van der Waals surface area contributed by atoms with Gasteiger partial charge in [0.05, 0.1) is 12.7 Å². The van der Waals surface area contributed by atoms with Crippen LogP contribution in [-0.4, -0.2) is 38.6 Å². The Kier molecular flexibility index (Phi) is 3.29. The van der Waals surface area contributed by atoms with Crippen LogP contribution >= 0.6 is 0 Å². The Hall–Kier alpha value is -1.95. The van der Waals surface area contributed by atoms with Gasteiger partial charge in [0.2, 0.25) is 0 Å². The maximum Gasteiger partial charge on any atom is 0.351 e. The number of anilines is 1. The van der Waals surface area contributed by atoms with Gasteiger partial charge in [0, 0.05) is 12.6 Å². The highest BCUT2D eigenvalue weighted by atomic mass is 16.5. The minimum absolute atomic E-state index is 0.0258. The van der Waals surface area contributed by atoms with Crippen LogP contribution in [0.1, 0.15) is 18.2 Å². The van der Waals surface area contributed by atoms with Gasteiger partial charge in [-0.2, -0.15) is 10.2 Å². The summed E-state index contributed by atoms with van der Waals surface area (Å²) >= 11 is 0. The zero-order valence-corrected chi connectivity index (χ0v) is 9.35. The van der Waals surface area contributed by atoms with E-state index in [4.69, 9.17) is 20.8 Å². The van der Waals surface area contributed by atoms with E-state index in [0.717, 1.165) is 4.57 Å². The maximum atomic E-state index is 11.6. The molecule has 1 aromatic rings. The summed E-state index contributed by atoms with van der Waals surface area (Å²) in [5, 5.41) is 27.5. The number of nitrogens with zero attached hydrogens (tertiary/aromatic N) is 3. The molecule has 2 heterocycles. The summed E-state index contributed by atoms with van der Waals surface area (Å²) in [6, 6.07) is 1.79. The van der Waals surface area contributed by atoms with Crippen LogP contribution in [0.4, 0.5) is 5.82 Å². The zero-order chi connectivity index (χ0) is 13.3. The number of ether oxygens (including phenoxy) is 1. The van der Waals surface area contributed by atoms with Crippen molar-refractivity contribution in [1.82, 2.24) is 9.55 Å². The molecule has 0 amide bonds. The van der Waals surface area contributed by atoms with Gasteiger partial charge in [-0.25, -0.2) is 4.79 Å². The van der Waals surface area contributed by atoms with Crippen molar-refractivity contribution < 1.29 is 14.9 Å². The molecule has 1 aromatic heterocycles. The summed E-state index contributed by atoms with van der Waals surface area (Å²) in [5.41, 5.74) is 4.71. The summed E-state index contributed by atoms with van der Waals surface area (Å²) in [5.74, 6) is -0.162. The predicted octanol–water partition coefficient (Wildman–Crippen LogP) is -1.66. The van der Waals surface area contributed by atoms with Crippen LogP contribution in [0.5, 0.6) is 0 Å². The predicted molar refractivity (Wildman–Crippen MR) is 59.2 cm³/mol. The van der Waals surface area contributed by atoms with E-state index in [1.807, 2.05) is 0 Å². The standard InChI is InChI=1S/C10H12N4O4/c11-2-5-3-14(10(17)13-8(5)12)9-7(16)1-6(4-15)18-9/h3,6-7,9,15-16H,1,4H2,(H2,12,13,17)/t6-,7+,9+/m0/s1. The molecule has 0 saturated carbocycles. The second-order valence-electron chi connectivity index (χ2n) is 3.98. The van der Waals surface area contributed by atoms with Gasteiger partial charge in [0.1, 0.15) is 23.6 Å². The molecule has 8 nitrogen and oxygen atoms in total. The van der Waals surface area contributed by atoms with Gasteiger partial charge in [-0.3, -0.25) is 4.57 Å². The van der Waals surface area contributed by atoms with E-state index in [9.17, 15) is 9.90 Å². The average Bonchev–Trinajstić information content (AvgIpc) is 2.71. The highest BCUT2D eigenvalue weighted by Crippen LogP contribution is 2.27. The average molecular weight is 252 g/mol. The second-order valence-corrected chi connectivity index (χ2v) is 3.98. The maximum absolute atomic E-state index is 11.6. The molecule has 0 aromatic carbocycles. The van der Waals surface area contributed by atoms with E-state index in [1.165, 1.54) is 6.20 Å². The third-order valence-electron chi connectivity index (χ3n) is 2.74. The fraction of sp³-hybridized carbons (Fsp3) is 0.500. The van der Waals surface area contributed by atoms with Crippen LogP contribution in [0.2, 0.25) is 0 Å². The largest absolute Gasteiger partial charge is 0.394 e. The van der Waals surface area contributed by atoms with Crippen molar-refractivity contribution in [3.05, 3.63) is 22.2 Å². The molecule has 8 heteroatoms. The molecule has 18 heavy (non-hydrogen) atoms. The smallest absolute Gasteiger partial charge is 0.351 e. The summed E-state index contributed by atoms with van der Waals surface area (Å²) in [6.45, 7) is -0.254. The molecule has 3 atom stereocenters. The molecular weight excluding hydrogens is 240 g/mol. The monoisotopic (exact) mass is 252 g/mol. The highest BCUT2D eigenvalue weighted by molar-refractivity contribution is 5.45. The third-order valence-corrected chi connectivity index (χ3v) is 2.74. The minimum atomic E-state index is -0.963. The molecule has 0 unspecified atom stereocenters. The van der Waals surface area contributed by atoms with E-state index in [2.05, 4.69) is 4.98 Å². The first kappa shape index (κ1) is 12.5. The van der Waals surface area contributed by atoms with Crippen LogP contribution in [0.25, 0.3) is 0 Å². The normalized spacial score (nSPS) is 27.1. The molecule has 96 valence electrons. The number of nitriles is 1. The highest BCUT2D eigenvalue weighted by Gasteiger charge is 2.35. The van der Waals surface area contributed by atoms with Gasteiger partial charge in [-0.15, -0.1) is 0 Å². The number of aromatic nitrogens is 2. The number of hydrogen-bond acceptors (Lipinski definition) is 7. The number of nitrogens with two attached hydrogens (primary N) is 1. The lowest BCUT2D eigenvalue weighted by Gasteiger charge is -2.17. The Morgan fingerprint density at radius 1 is 1.72 bits per heavy atom. The Labute approximate surface area is 102 Å². The van der Waals surface area contributed by atoms with E-state index >= 15 is 0 Å². The van der Waals surface area contributed by atoms with Gasteiger partial charge in [-0.05, 0) is 0 Å². The molecule has 0 spiro atoms. The molecule has 1 saturated heterocycles. The van der Waals surface area contributed by atoms with Gasteiger partial charge >= 0.3 is 5.69 Å². The first-order valence-electron chi connectivity index (χ1n) is 5.30. The fourth-order valence-corrected chi connectivity index (χ4v) is 1.85. The number of hydrogen-bond donors (Lipinski definition) is 3. The minimum Gasteiger partial charge on any atom is -0.394 e. The third kappa shape index (κ3) is 2.06. The molecular formula is C10H12N4O4. The van der Waals surface area contributed by atoms with Crippen LogP contribution in [0.15, 0.2) is 11.0 Å². The molecule has 0 bridgehead atoms. The lowest BCUT2D eigenvalue weighted by atomic mass is 10.2. The first-order chi connectivity index (χ1) is 8.56. The molecule has 0 radical (unpaired) electrons. The van der Waals surface area contributed by atoms with Crippen molar-refractivity contribution in [1.29, 1.82) is 5.26 Å². The van der Waals surface area contributed by atoms with Crippen LogP contribution in [0, 0.1) is 11.3 Å². The van der Waals surface area contributed by atoms with Crippen molar-refractivity contribution in [3.8, 4) is 6.07 Å². The van der Waals surface area contributed by atoms with Crippen LogP contribution < -0.4 is 11.4 Å². The Morgan fingerprint density at radius 3 is 3.00 bits per heavy atom. The van der Waals surface area contributed by atoms with Crippen molar-refractivity contribution >= 4 is 5.82 Å². The number of aliphatic hydroxyl groups excluding tert-OH is 2. The molecule has 1 fully saturated rings. The molecule has 4 N–H and O–H groups in total. The lowest BCUT2D eigenvalue weighted by Crippen LogP contribution is -2.32. The van der Waals surface area contributed by atoms with Crippen LogP contribution in [0.3, 0.4) is 0 Å². The summed E-state index contributed by atoms with van der Waals surface area (Å²) in [6.07, 6.45) is -1.05. The number of aliphatic hydroxyl groups is 2. The second kappa shape index (κ2) is 4.73. The summed E-state index contributed by atoms with van der Waals surface area (Å²) < 4.78 is 6.31. The quantitative estimate of drug-likeness (QED) is 0.573. The van der Waals surface area contributed by atoms with E-state index in [-0.39, 0.29) is 24.4 Å². The topological polar surface area (TPSA) is 134 Å². The van der Waals surface area contributed by atoms with E-state index in [1.54, 1.807) is 6.07 Å². The van der Waals surface area contributed by atoms with Gasteiger partial charge in [0.25, 0.3) is 0 Å². The van der Waals surface area contributed by atoms with Gasteiger partial charge < -0.3 is 20.7 Å². The Balaban J connectivity index is 2.40. The zero-order valence-electron chi connectivity index (χ0n) is 9.35. The van der Waals surface area contributed by atoms with Gasteiger partial charge in [0.15, 0.2) is 6.23 Å². The van der Waals surface area contributed by atoms with Crippen molar-refractivity contribution in [2.45, 2.75) is 24.9 Å². The molecule has 0 aliphatic carbocycles. The lowest BCUT2D eigenvalue weighted by molar-refractivity contribution is -0.0530. The molecule has 2 rings (SSSR count). The van der Waals surface area contributed by atoms with Crippen molar-refractivity contribution in [2.24, 2.45) is 0 Å². The van der Waals surface area contributed by atoms with Crippen molar-refractivity contribution in [3.63, 3.8) is 0 Å². The fourth-order valence-electron chi connectivity index (χ4n) is 1.85. The number of rotatable bonds is 2. The van der Waals surface area contributed by atoms with Gasteiger partial charge in [-0.1, -0.05) is 0 Å². The van der Waals surface area contributed by atoms with E-state index < -0.39 is 24.1 Å². The molecule has 1 aliphatic rings. The van der Waals surface area contributed by atoms with Crippen molar-refractivity contribution in [2.75, 3.05) is 12.3 Å².